The number of nitrogens with one attached hydrogen (secondary N) is 1. The summed E-state index contributed by atoms with van der Waals surface area (Å²) < 4.78 is 6.69. The van der Waals surface area contributed by atoms with E-state index >= 15 is 0 Å². The number of amides is 2. The normalized spacial score (nSPS) is 14.9. The first kappa shape index (κ1) is 24.6. The minimum absolute atomic E-state index is 0.0947. The van der Waals surface area contributed by atoms with Gasteiger partial charge in [0.2, 0.25) is 5.91 Å². The monoisotopic (exact) mass is 564 g/mol. The van der Waals surface area contributed by atoms with Crippen molar-refractivity contribution in [1.82, 2.24) is 5.32 Å². The molecule has 1 saturated carbocycles. The van der Waals surface area contributed by atoms with Crippen molar-refractivity contribution in [2.75, 3.05) is 4.90 Å². The van der Waals surface area contributed by atoms with Crippen LogP contribution in [-0.2, 0) is 4.79 Å². The second-order valence-corrected chi connectivity index (χ2v) is 10.4. The van der Waals surface area contributed by atoms with E-state index in [0.29, 0.717) is 21.9 Å². The van der Waals surface area contributed by atoms with Crippen LogP contribution in [0.25, 0.3) is 11.0 Å². The number of nitrogens with zero attached hydrogens (tertiary/aromatic N) is 1. The fraction of sp³-hybridized carbons (Fsp3) is 0.241. The van der Waals surface area contributed by atoms with Crippen LogP contribution in [0.3, 0.4) is 0 Å². The van der Waals surface area contributed by atoms with Crippen LogP contribution in [0.15, 0.2) is 87.8 Å². The lowest BCUT2D eigenvalue weighted by atomic mass is 9.94. The van der Waals surface area contributed by atoms with E-state index in [1.165, 1.54) is 11.3 Å². The van der Waals surface area contributed by atoms with Crippen molar-refractivity contribution >= 4 is 56.0 Å². The Morgan fingerprint density at radius 1 is 0.944 bits per heavy atom. The molecule has 5 nitrogen and oxygen atoms in total. The average Bonchev–Trinajstić information content (AvgIpc) is 3.32. The topological polar surface area (TPSA) is 62.6 Å². The Bertz CT molecular complexity index is 1380. The smallest absolute Gasteiger partial charge is 0.295 e. The van der Waals surface area contributed by atoms with Gasteiger partial charge in [0.05, 0.1) is 0 Å². The number of para-hydroxylation sites is 1. The second kappa shape index (κ2) is 10.9. The molecule has 1 atom stereocenters. The summed E-state index contributed by atoms with van der Waals surface area (Å²) in [5, 5.41) is 4.51. The Balaban J connectivity index is 1.61. The molecule has 0 aliphatic heterocycles. The molecule has 1 unspecified atom stereocenters. The molecule has 1 aliphatic carbocycles. The van der Waals surface area contributed by atoms with Crippen molar-refractivity contribution in [2.45, 2.75) is 44.2 Å². The molecule has 1 heterocycles. The maximum Gasteiger partial charge on any atom is 0.295 e. The number of halogens is 2. The highest BCUT2D eigenvalue weighted by molar-refractivity contribution is 9.10. The molecule has 1 fully saturated rings. The highest BCUT2D eigenvalue weighted by Crippen LogP contribution is 2.35. The summed E-state index contributed by atoms with van der Waals surface area (Å²) >= 11 is 9.77. The van der Waals surface area contributed by atoms with Crippen LogP contribution in [0.4, 0.5) is 5.69 Å². The van der Waals surface area contributed by atoms with E-state index in [1.807, 2.05) is 54.6 Å². The summed E-state index contributed by atoms with van der Waals surface area (Å²) in [7, 11) is 0. The summed E-state index contributed by atoms with van der Waals surface area (Å²) in [6.07, 6.45) is 5.25. The van der Waals surface area contributed by atoms with Gasteiger partial charge in [-0.15, -0.1) is 0 Å². The minimum atomic E-state index is -0.908. The lowest BCUT2D eigenvalue weighted by Crippen LogP contribution is -2.47. The molecule has 7 heteroatoms. The van der Waals surface area contributed by atoms with Crippen LogP contribution in [0, 0.1) is 0 Å². The molecular weight excluding hydrogens is 540 g/mol. The van der Waals surface area contributed by atoms with Gasteiger partial charge in [-0.05, 0) is 60.9 Å². The molecule has 1 aromatic heterocycles. The van der Waals surface area contributed by atoms with Gasteiger partial charge in [0, 0.05) is 26.6 Å². The fourth-order valence-electron chi connectivity index (χ4n) is 4.83. The van der Waals surface area contributed by atoms with Gasteiger partial charge in [-0.1, -0.05) is 83.2 Å². The molecule has 2 amide bonds. The zero-order chi connectivity index (χ0) is 25.1. The Labute approximate surface area is 223 Å². The third-order valence-corrected chi connectivity index (χ3v) is 7.56. The minimum Gasteiger partial charge on any atom is -0.451 e. The molecule has 184 valence electrons. The van der Waals surface area contributed by atoms with E-state index in [1.54, 1.807) is 24.3 Å². The Kier molecular flexibility index (Phi) is 7.44. The van der Waals surface area contributed by atoms with Gasteiger partial charge in [0.15, 0.2) is 5.76 Å². The first-order valence-electron chi connectivity index (χ1n) is 12.1. The standard InChI is InChI=1S/C29H26BrClN2O3/c30-24-14-8-7-13-23(24)27(28(34)32-21-9-3-1-4-10-21)33(22-11-5-2-6-12-22)29(35)26-18-19-17-20(31)15-16-25(19)36-26/h2,5-8,11-18,21,27H,1,3-4,9-10H2,(H,32,34). The number of rotatable bonds is 6. The van der Waals surface area contributed by atoms with Gasteiger partial charge in [0.1, 0.15) is 11.6 Å². The summed E-state index contributed by atoms with van der Waals surface area (Å²) in [5.74, 6) is -0.489. The van der Waals surface area contributed by atoms with Gasteiger partial charge < -0.3 is 9.73 Å². The average molecular weight is 566 g/mol. The predicted octanol–water partition coefficient (Wildman–Crippen LogP) is 7.69. The van der Waals surface area contributed by atoms with Crippen molar-refractivity contribution < 1.29 is 14.0 Å². The van der Waals surface area contributed by atoms with Gasteiger partial charge in [0.25, 0.3) is 5.91 Å². The lowest BCUT2D eigenvalue weighted by molar-refractivity contribution is -0.123. The summed E-state index contributed by atoms with van der Waals surface area (Å²) in [6.45, 7) is 0. The summed E-state index contributed by atoms with van der Waals surface area (Å²) in [5.41, 5.74) is 1.85. The lowest BCUT2D eigenvalue weighted by Gasteiger charge is -2.33. The Morgan fingerprint density at radius 3 is 2.42 bits per heavy atom. The van der Waals surface area contributed by atoms with Crippen LogP contribution in [0.2, 0.25) is 5.02 Å². The van der Waals surface area contributed by atoms with Crippen molar-refractivity contribution in [2.24, 2.45) is 0 Å². The third kappa shape index (κ3) is 5.20. The predicted molar refractivity (Wildman–Crippen MR) is 146 cm³/mol. The molecule has 0 bridgehead atoms. The molecule has 4 aromatic rings. The first-order valence-corrected chi connectivity index (χ1v) is 13.3. The molecule has 3 aromatic carbocycles. The number of carbonyl (C=O) groups excluding carboxylic acids is 2. The number of carbonyl (C=O) groups is 2. The molecule has 36 heavy (non-hydrogen) atoms. The van der Waals surface area contributed by atoms with Crippen molar-refractivity contribution in [3.63, 3.8) is 0 Å². The van der Waals surface area contributed by atoms with E-state index in [0.717, 1.165) is 35.5 Å². The largest absolute Gasteiger partial charge is 0.451 e. The van der Waals surface area contributed by atoms with Crippen LogP contribution < -0.4 is 10.2 Å². The van der Waals surface area contributed by atoms with Crippen molar-refractivity contribution in [1.29, 1.82) is 0 Å². The number of hydrogen-bond donors (Lipinski definition) is 1. The number of hydrogen-bond acceptors (Lipinski definition) is 3. The highest BCUT2D eigenvalue weighted by Gasteiger charge is 2.36. The highest BCUT2D eigenvalue weighted by atomic mass is 79.9. The fourth-order valence-corrected chi connectivity index (χ4v) is 5.51. The maximum absolute atomic E-state index is 14.1. The zero-order valence-corrected chi connectivity index (χ0v) is 22.0. The van der Waals surface area contributed by atoms with E-state index in [2.05, 4.69) is 21.2 Å². The third-order valence-electron chi connectivity index (χ3n) is 6.60. The van der Waals surface area contributed by atoms with Crippen LogP contribution in [0.5, 0.6) is 0 Å². The number of furan rings is 1. The van der Waals surface area contributed by atoms with E-state index in [4.69, 9.17) is 16.0 Å². The zero-order valence-electron chi connectivity index (χ0n) is 19.6. The van der Waals surface area contributed by atoms with Gasteiger partial charge in [-0.25, -0.2) is 0 Å². The molecule has 0 saturated heterocycles. The molecule has 0 spiro atoms. The van der Waals surface area contributed by atoms with Gasteiger partial charge in [-0.3, -0.25) is 14.5 Å². The molecule has 1 N–H and O–H groups in total. The van der Waals surface area contributed by atoms with Crippen LogP contribution in [0.1, 0.15) is 54.3 Å². The van der Waals surface area contributed by atoms with E-state index < -0.39 is 11.9 Å². The summed E-state index contributed by atoms with van der Waals surface area (Å²) in [6, 6.07) is 22.8. The second-order valence-electron chi connectivity index (χ2n) is 9.07. The number of anilines is 1. The van der Waals surface area contributed by atoms with Gasteiger partial charge in [-0.2, -0.15) is 0 Å². The van der Waals surface area contributed by atoms with Crippen molar-refractivity contribution in [3.05, 3.63) is 99.7 Å². The SMILES string of the molecule is O=C(NC1CCCCC1)C(c1ccccc1Br)N(C(=O)c1cc2cc(Cl)ccc2o1)c1ccccc1. The van der Waals surface area contributed by atoms with Gasteiger partial charge >= 0.3 is 0 Å². The quantitative estimate of drug-likeness (QED) is 0.261. The number of fused-ring (bicyclic) bond motifs is 1. The molecular formula is C29H26BrClN2O3. The summed E-state index contributed by atoms with van der Waals surface area (Å²) in [4.78, 5) is 29.6. The number of benzene rings is 3. The van der Waals surface area contributed by atoms with E-state index in [9.17, 15) is 9.59 Å². The van der Waals surface area contributed by atoms with E-state index in [-0.39, 0.29) is 17.7 Å². The molecule has 1 aliphatic rings. The van der Waals surface area contributed by atoms with Crippen LogP contribution in [-0.4, -0.2) is 17.9 Å². The van der Waals surface area contributed by atoms with Crippen molar-refractivity contribution in [3.8, 4) is 0 Å². The molecule has 5 rings (SSSR count). The Hall–Kier alpha value is -3.09. The Morgan fingerprint density at radius 2 is 1.67 bits per heavy atom. The van der Waals surface area contributed by atoms with Crippen LogP contribution >= 0.6 is 27.5 Å². The molecule has 0 radical (unpaired) electrons. The maximum atomic E-state index is 14.1. The first-order chi connectivity index (χ1) is 17.5.